The number of alkyl halides is 6. The molecule has 0 aliphatic carbocycles. The molecule has 0 aliphatic rings. The number of aliphatic carboxylic acids is 1. The fraction of sp³-hybridized carbons (Fsp3) is 0.500. The Hall–Kier alpha value is -3.00. The monoisotopic (exact) mass is 500 g/mol. The van der Waals surface area contributed by atoms with Gasteiger partial charge in [0, 0.05) is 32.8 Å². The van der Waals surface area contributed by atoms with E-state index >= 15 is 0 Å². The van der Waals surface area contributed by atoms with Crippen LogP contribution in [0.25, 0.3) is 11.3 Å². The number of carbonyl (C=O) groups is 1. The van der Waals surface area contributed by atoms with Gasteiger partial charge in [-0.2, -0.15) is 31.4 Å². The molecule has 2 rings (SSSR count). The zero-order chi connectivity index (χ0) is 26.1. The summed E-state index contributed by atoms with van der Waals surface area (Å²) < 4.78 is 82.1. The van der Waals surface area contributed by atoms with Gasteiger partial charge < -0.3 is 24.8 Å². The number of halogens is 6. The van der Waals surface area contributed by atoms with E-state index in [1.807, 2.05) is 25.9 Å². The molecule has 1 heterocycles. The largest absolute Gasteiger partial charge is 0.491 e. The van der Waals surface area contributed by atoms with Crippen molar-refractivity contribution in [1.29, 1.82) is 0 Å². The summed E-state index contributed by atoms with van der Waals surface area (Å²) in [6.45, 7) is 3.69. The molecule has 0 bridgehead atoms. The molecule has 192 valence electrons. The Morgan fingerprint density at radius 3 is 2.29 bits per heavy atom. The molecule has 14 heteroatoms. The summed E-state index contributed by atoms with van der Waals surface area (Å²) >= 11 is 0. The number of carboxylic acid groups (broad SMARTS) is 1. The van der Waals surface area contributed by atoms with Gasteiger partial charge >= 0.3 is 18.3 Å². The zero-order valence-corrected chi connectivity index (χ0v) is 18.9. The number of aryl methyl sites for hydroxylation is 1. The fourth-order valence-corrected chi connectivity index (χ4v) is 2.71. The van der Waals surface area contributed by atoms with Crippen LogP contribution in [0.1, 0.15) is 11.3 Å². The predicted octanol–water partition coefficient (Wildman–Crippen LogP) is 3.72. The van der Waals surface area contributed by atoms with E-state index in [1.165, 1.54) is 7.11 Å². The summed E-state index contributed by atoms with van der Waals surface area (Å²) in [7, 11) is 5.22. The van der Waals surface area contributed by atoms with Crippen molar-refractivity contribution in [3.8, 4) is 17.0 Å². The minimum Gasteiger partial charge on any atom is -0.491 e. The van der Waals surface area contributed by atoms with Crippen LogP contribution in [0, 0.1) is 6.92 Å². The highest BCUT2D eigenvalue weighted by atomic mass is 19.4. The summed E-state index contributed by atoms with van der Waals surface area (Å²) in [6.07, 6.45) is -9.57. The van der Waals surface area contributed by atoms with Crippen molar-refractivity contribution in [2.75, 3.05) is 52.4 Å². The molecule has 0 saturated heterocycles. The first-order valence-corrected chi connectivity index (χ1v) is 9.77. The Morgan fingerprint density at radius 1 is 1.18 bits per heavy atom. The number of rotatable bonds is 9. The number of H-pyrrole nitrogens is 1. The van der Waals surface area contributed by atoms with Gasteiger partial charge in [0.2, 0.25) is 0 Å². The minimum absolute atomic E-state index is 0.126. The summed E-state index contributed by atoms with van der Waals surface area (Å²) in [5, 5.41) is 17.3. The molecule has 0 spiro atoms. The molecule has 0 saturated carbocycles. The predicted molar refractivity (Wildman–Crippen MR) is 112 cm³/mol. The Labute approximate surface area is 191 Å². The molecule has 0 unspecified atom stereocenters. The first-order chi connectivity index (χ1) is 15.7. The molecule has 1 aromatic heterocycles. The maximum absolute atomic E-state index is 13.4. The molecule has 0 aliphatic heterocycles. The quantitative estimate of drug-likeness (QED) is 0.357. The van der Waals surface area contributed by atoms with Gasteiger partial charge in [-0.15, -0.1) is 0 Å². The van der Waals surface area contributed by atoms with E-state index in [-0.39, 0.29) is 19.0 Å². The number of nitrogens with one attached hydrogen (secondary N) is 2. The number of aromatic nitrogens is 2. The topological polar surface area (TPSA) is 99.7 Å². The van der Waals surface area contributed by atoms with Crippen LogP contribution in [-0.4, -0.2) is 75.0 Å². The van der Waals surface area contributed by atoms with Gasteiger partial charge in [-0.3, -0.25) is 5.10 Å². The van der Waals surface area contributed by atoms with Crippen LogP contribution < -0.4 is 15.0 Å². The van der Waals surface area contributed by atoms with Gasteiger partial charge in [0.15, 0.2) is 0 Å². The van der Waals surface area contributed by atoms with Crippen molar-refractivity contribution in [2.45, 2.75) is 19.3 Å². The number of aromatic amines is 1. The van der Waals surface area contributed by atoms with E-state index in [4.69, 9.17) is 19.4 Å². The molecule has 8 nitrogen and oxygen atoms in total. The van der Waals surface area contributed by atoms with Gasteiger partial charge in [0.1, 0.15) is 18.1 Å². The van der Waals surface area contributed by atoms with Crippen LogP contribution in [-0.2, 0) is 15.7 Å². The number of likely N-dealkylation sites (N-methyl/N-ethyl adjacent to an activating group) is 2. The van der Waals surface area contributed by atoms with E-state index in [9.17, 15) is 26.3 Å². The number of anilines is 1. The van der Waals surface area contributed by atoms with E-state index in [0.29, 0.717) is 17.8 Å². The number of benzene rings is 1. The SMILES string of the molecule is CNCCN(C)c1c(-c2cc(OCCOC)cc(C(F)(F)F)c2)n[nH]c1C.O=C(O)C(F)(F)F. The number of hydrogen-bond donors (Lipinski definition) is 3. The van der Waals surface area contributed by atoms with Crippen LogP contribution in [0.15, 0.2) is 18.2 Å². The summed E-state index contributed by atoms with van der Waals surface area (Å²) in [5.41, 5.74) is 1.55. The van der Waals surface area contributed by atoms with E-state index in [0.717, 1.165) is 30.1 Å². The van der Waals surface area contributed by atoms with E-state index in [2.05, 4.69) is 15.5 Å². The fourth-order valence-electron chi connectivity index (χ4n) is 2.71. The van der Waals surface area contributed by atoms with Crippen LogP contribution in [0.4, 0.5) is 32.0 Å². The van der Waals surface area contributed by atoms with Crippen LogP contribution in [0.2, 0.25) is 0 Å². The molecule has 1 aromatic carbocycles. The number of nitrogens with zero attached hydrogens (tertiary/aromatic N) is 2. The lowest BCUT2D eigenvalue weighted by Crippen LogP contribution is -2.27. The van der Waals surface area contributed by atoms with Gasteiger partial charge in [0.05, 0.1) is 23.6 Å². The third kappa shape index (κ3) is 8.74. The van der Waals surface area contributed by atoms with E-state index < -0.39 is 23.9 Å². The normalized spacial score (nSPS) is 11.6. The van der Waals surface area contributed by atoms with Gasteiger partial charge in [-0.1, -0.05) is 0 Å². The Bertz CT molecular complexity index is 931. The summed E-state index contributed by atoms with van der Waals surface area (Å²) in [6, 6.07) is 3.65. The van der Waals surface area contributed by atoms with Crippen molar-refractivity contribution >= 4 is 11.7 Å². The molecular weight excluding hydrogens is 474 g/mol. The van der Waals surface area contributed by atoms with Crippen LogP contribution in [0.5, 0.6) is 5.75 Å². The molecule has 0 fully saturated rings. The second-order valence-electron chi connectivity index (χ2n) is 6.96. The van der Waals surface area contributed by atoms with Crippen LogP contribution in [0.3, 0.4) is 0 Å². The van der Waals surface area contributed by atoms with Crippen molar-refractivity contribution in [2.24, 2.45) is 0 Å². The average molecular weight is 500 g/mol. The molecule has 3 N–H and O–H groups in total. The second kappa shape index (κ2) is 12.5. The summed E-state index contributed by atoms with van der Waals surface area (Å²) in [4.78, 5) is 10.9. The van der Waals surface area contributed by atoms with Crippen molar-refractivity contribution in [3.63, 3.8) is 0 Å². The molecule has 0 radical (unpaired) electrons. The third-order valence-corrected chi connectivity index (χ3v) is 4.30. The van der Waals surface area contributed by atoms with Crippen molar-refractivity contribution in [3.05, 3.63) is 29.5 Å². The standard InChI is InChI=1S/C18H25F3N4O2.C2HF3O2/c1-12-17(25(3)6-5-22-2)16(24-23-12)13-9-14(18(19,20)21)11-15(10-13)27-8-7-26-4;3-2(4,5)1(6)7/h9-11,22H,5-8H2,1-4H3,(H,23,24);(H,6,7). The highest BCUT2D eigenvalue weighted by molar-refractivity contribution is 5.78. The Kier molecular flexibility index (Phi) is 10.6. The molecule has 34 heavy (non-hydrogen) atoms. The Balaban J connectivity index is 0.000000718. The number of ether oxygens (including phenoxy) is 2. The molecule has 2 aromatic rings. The lowest BCUT2D eigenvalue weighted by atomic mass is 10.0. The van der Waals surface area contributed by atoms with Crippen molar-refractivity contribution < 1.29 is 45.7 Å². The minimum atomic E-state index is -5.08. The number of methoxy groups -OCH3 is 1. The molecular formula is C20H26F6N4O4. The van der Waals surface area contributed by atoms with E-state index in [1.54, 1.807) is 6.07 Å². The molecule has 0 atom stereocenters. The maximum Gasteiger partial charge on any atom is 0.490 e. The summed E-state index contributed by atoms with van der Waals surface area (Å²) in [5.74, 6) is -2.63. The van der Waals surface area contributed by atoms with Crippen molar-refractivity contribution in [1.82, 2.24) is 15.5 Å². The average Bonchev–Trinajstić information content (AvgIpc) is 3.12. The number of carboxylic acids is 1. The van der Waals surface area contributed by atoms with Gasteiger partial charge in [0.25, 0.3) is 0 Å². The smallest absolute Gasteiger partial charge is 0.490 e. The lowest BCUT2D eigenvalue weighted by molar-refractivity contribution is -0.192. The first kappa shape index (κ1) is 29.0. The van der Waals surface area contributed by atoms with Gasteiger partial charge in [-0.05, 0) is 32.2 Å². The highest BCUT2D eigenvalue weighted by Gasteiger charge is 2.38. The Morgan fingerprint density at radius 2 is 1.79 bits per heavy atom. The molecule has 0 amide bonds. The highest BCUT2D eigenvalue weighted by Crippen LogP contribution is 2.38. The van der Waals surface area contributed by atoms with Gasteiger partial charge in [-0.25, -0.2) is 4.79 Å². The second-order valence-corrected chi connectivity index (χ2v) is 6.96. The number of hydrogen-bond acceptors (Lipinski definition) is 6. The zero-order valence-electron chi connectivity index (χ0n) is 18.9. The third-order valence-electron chi connectivity index (χ3n) is 4.30. The first-order valence-electron chi connectivity index (χ1n) is 9.77. The maximum atomic E-state index is 13.4. The van der Waals surface area contributed by atoms with Crippen LogP contribution >= 0.6 is 0 Å². The lowest BCUT2D eigenvalue weighted by Gasteiger charge is -2.20.